The summed E-state index contributed by atoms with van der Waals surface area (Å²) in [4.78, 5) is 44.7. The fraction of sp³-hybridized carbons (Fsp3) is 0.486. The van der Waals surface area contributed by atoms with Gasteiger partial charge in [-0.15, -0.1) is 0 Å². The van der Waals surface area contributed by atoms with E-state index < -0.39 is 20.1 Å². The van der Waals surface area contributed by atoms with Gasteiger partial charge >= 0.3 is 0 Å². The first-order valence-electron chi connectivity index (χ1n) is 18.1. The van der Waals surface area contributed by atoms with Crippen molar-refractivity contribution in [1.29, 1.82) is 0 Å². The molecule has 8 N–H and O–H groups in total. The van der Waals surface area contributed by atoms with Crippen molar-refractivity contribution in [3.8, 4) is 5.75 Å². The van der Waals surface area contributed by atoms with Gasteiger partial charge < -0.3 is 41.1 Å². The molecule has 1 aliphatic heterocycles. The normalized spacial score (nSPS) is 14.4. The minimum atomic E-state index is -1.89. The monoisotopic (exact) mass is 746 g/mol. The number of aromatic nitrogens is 4. The van der Waals surface area contributed by atoms with Gasteiger partial charge in [-0.05, 0) is 75.2 Å². The lowest BCUT2D eigenvalue weighted by molar-refractivity contribution is 0.0991. The zero-order valence-electron chi connectivity index (χ0n) is 32.1. The molecule has 1 aliphatic rings. The number of nitrogens with two attached hydrogens (primary N) is 3. The molecule has 0 bridgehead atoms. The fourth-order valence-electron chi connectivity index (χ4n) is 6.36. The molecule has 4 aromatic rings. The fourth-order valence-corrected chi connectivity index (χ4v) is 7.44. The molecule has 15 nitrogen and oxygen atoms in total. The van der Waals surface area contributed by atoms with Crippen LogP contribution in [0, 0.1) is 6.92 Å². The molecule has 0 unspecified atom stereocenters. The van der Waals surface area contributed by atoms with E-state index in [1.165, 1.54) is 0 Å². The first-order chi connectivity index (χ1) is 24.9. The van der Waals surface area contributed by atoms with Crippen molar-refractivity contribution in [3.63, 3.8) is 0 Å². The third-order valence-corrected chi connectivity index (χ3v) is 14.8. The van der Waals surface area contributed by atoms with Crippen molar-refractivity contribution >= 4 is 60.1 Å². The van der Waals surface area contributed by atoms with Crippen molar-refractivity contribution in [1.82, 2.24) is 19.3 Å². The molecule has 3 amide bonds. The summed E-state index contributed by atoms with van der Waals surface area (Å²) in [7, 11) is 0.0756. The van der Waals surface area contributed by atoms with Crippen molar-refractivity contribution in [2.75, 3.05) is 54.6 Å². The number of nitrogen functional groups attached to an aromatic ring is 1. The average molecular weight is 747 g/mol. The second-order valence-corrected chi connectivity index (χ2v) is 20.0. The number of carbonyl (C=O) groups is 3. The predicted molar refractivity (Wildman–Crippen MR) is 212 cm³/mol. The van der Waals surface area contributed by atoms with Crippen LogP contribution in [-0.2, 0) is 11.0 Å². The van der Waals surface area contributed by atoms with E-state index >= 15 is 0 Å². The Morgan fingerprint density at radius 2 is 1.72 bits per heavy atom. The molecule has 53 heavy (non-hydrogen) atoms. The number of aryl methyl sites for hydroxylation is 2. The highest BCUT2D eigenvalue weighted by molar-refractivity contribution is 6.74. The van der Waals surface area contributed by atoms with Gasteiger partial charge in [0, 0.05) is 50.8 Å². The number of primary amides is 2. The van der Waals surface area contributed by atoms with Crippen LogP contribution in [-0.4, -0.2) is 78.7 Å². The van der Waals surface area contributed by atoms with E-state index in [0.29, 0.717) is 92.0 Å². The molecule has 5 rings (SSSR count). The minimum absolute atomic E-state index is 0.0851. The first-order valence-corrected chi connectivity index (χ1v) is 21.0. The second-order valence-electron chi connectivity index (χ2n) is 15.2. The Kier molecular flexibility index (Phi) is 11.4. The molecule has 0 aliphatic carbocycles. The van der Waals surface area contributed by atoms with Gasteiger partial charge in [0.25, 0.3) is 5.91 Å². The molecule has 0 saturated heterocycles. The lowest BCUT2D eigenvalue weighted by atomic mass is 10.0. The first kappa shape index (κ1) is 39.1. The molecule has 0 saturated carbocycles. The van der Waals surface area contributed by atoms with Crippen molar-refractivity contribution in [2.45, 2.75) is 84.6 Å². The molecule has 2 aromatic heterocycles. The number of imidazole rings is 1. The Bertz CT molecular complexity index is 2010. The van der Waals surface area contributed by atoms with E-state index in [-0.39, 0.29) is 22.6 Å². The number of hydrogen-bond donors (Lipinski definition) is 5. The Morgan fingerprint density at radius 3 is 2.38 bits per heavy atom. The van der Waals surface area contributed by atoms with Crippen molar-refractivity contribution in [2.24, 2.45) is 11.5 Å². The van der Waals surface area contributed by atoms with E-state index in [0.717, 1.165) is 16.9 Å². The molecule has 0 spiro atoms. The van der Waals surface area contributed by atoms with Crippen LogP contribution in [0.1, 0.15) is 89.9 Å². The minimum Gasteiger partial charge on any atom is -0.491 e. The number of nitrogens with one attached hydrogen (secondary N) is 2. The maximum absolute atomic E-state index is 13.6. The van der Waals surface area contributed by atoms with Crippen molar-refractivity contribution in [3.05, 3.63) is 52.8 Å². The van der Waals surface area contributed by atoms with E-state index in [1.54, 1.807) is 35.0 Å². The maximum atomic E-state index is 13.6. The topological polar surface area (TPSA) is 211 Å². The van der Waals surface area contributed by atoms with Crippen LogP contribution in [0.25, 0.3) is 11.0 Å². The smallest absolute Gasteiger partial charge is 0.276 e. The zero-order chi connectivity index (χ0) is 38.8. The highest BCUT2D eigenvalue weighted by atomic mass is 28.4. The van der Waals surface area contributed by atoms with Gasteiger partial charge in [-0.3, -0.25) is 24.4 Å². The summed E-state index contributed by atoms with van der Waals surface area (Å²) in [5.74, 6) is -0.657. The van der Waals surface area contributed by atoms with Gasteiger partial charge in [0.15, 0.2) is 8.32 Å². The number of carbonyl (C=O) groups excluding carboxylic acids is 3. The van der Waals surface area contributed by atoms with Crippen LogP contribution >= 0.6 is 0 Å². The summed E-state index contributed by atoms with van der Waals surface area (Å²) in [5.41, 5.74) is 22.6. The van der Waals surface area contributed by atoms with E-state index in [9.17, 15) is 14.4 Å². The van der Waals surface area contributed by atoms with Gasteiger partial charge in [-0.2, -0.15) is 5.10 Å². The lowest BCUT2D eigenvalue weighted by Gasteiger charge is -2.36. The van der Waals surface area contributed by atoms with Gasteiger partial charge in [-0.1, -0.05) is 20.8 Å². The Morgan fingerprint density at radius 1 is 1.02 bits per heavy atom. The number of rotatable bonds is 16. The highest BCUT2D eigenvalue weighted by Gasteiger charge is 2.37. The molecule has 0 fully saturated rings. The third kappa shape index (κ3) is 8.43. The quantitative estimate of drug-likeness (QED) is 0.0570. The lowest BCUT2D eigenvalue weighted by Crippen LogP contribution is -2.41. The van der Waals surface area contributed by atoms with Crippen LogP contribution in [0.2, 0.25) is 18.1 Å². The summed E-state index contributed by atoms with van der Waals surface area (Å²) in [6, 6.07) is 8.25. The van der Waals surface area contributed by atoms with Gasteiger partial charge in [0.1, 0.15) is 17.1 Å². The highest BCUT2D eigenvalue weighted by Crippen LogP contribution is 2.40. The summed E-state index contributed by atoms with van der Waals surface area (Å²) in [6.45, 7) is 17.4. The number of hydrogen-bond acceptors (Lipinski definition) is 10. The zero-order valence-corrected chi connectivity index (χ0v) is 33.1. The summed E-state index contributed by atoms with van der Waals surface area (Å²) < 4.78 is 16.2. The Labute approximate surface area is 311 Å². The van der Waals surface area contributed by atoms with Gasteiger partial charge in [0.2, 0.25) is 17.8 Å². The van der Waals surface area contributed by atoms with Gasteiger partial charge in [0.05, 0.1) is 40.8 Å². The van der Waals surface area contributed by atoms with E-state index in [2.05, 4.69) is 54.5 Å². The molecule has 286 valence electrons. The summed E-state index contributed by atoms with van der Waals surface area (Å²) in [6.07, 6.45) is 2.08. The number of benzene rings is 2. The third-order valence-electron chi connectivity index (χ3n) is 10.2. The van der Waals surface area contributed by atoms with Crippen LogP contribution < -0.4 is 37.5 Å². The number of anilines is 4. The molecular formula is C37H54N10O5Si. The number of likely N-dealkylation sites (N-methyl/N-ethyl adjacent to an activating group) is 1. The van der Waals surface area contributed by atoms with Crippen LogP contribution in [0.15, 0.2) is 30.3 Å². The SMILES string of the molecule is CCn1nc(C)cc1C(=O)Nc1nc2cc(C(N)=O)cc3c2n1[C@@H](CCCNc1c(N)cc(C(N)=O)cc1OCCCO[Si](C)(C)C(C)(C)C)CN3C. The summed E-state index contributed by atoms with van der Waals surface area (Å²) in [5, 5.41) is 11.0. The number of amides is 3. The number of ether oxygens (including phenoxy) is 1. The van der Waals surface area contributed by atoms with Crippen molar-refractivity contribution < 1.29 is 23.5 Å². The second kappa shape index (κ2) is 15.5. The largest absolute Gasteiger partial charge is 0.491 e. The van der Waals surface area contributed by atoms with E-state index in [1.807, 2.05) is 25.5 Å². The molecular weight excluding hydrogens is 693 g/mol. The molecule has 0 radical (unpaired) electrons. The number of nitrogens with zero attached hydrogens (tertiary/aromatic N) is 5. The van der Waals surface area contributed by atoms with Crippen LogP contribution in [0.5, 0.6) is 5.75 Å². The molecule has 3 heterocycles. The predicted octanol–water partition coefficient (Wildman–Crippen LogP) is 5.27. The van der Waals surface area contributed by atoms with E-state index in [4.69, 9.17) is 31.3 Å². The summed E-state index contributed by atoms with van der Waals surface area (Å²) >= 11 is 0. The maximum Gasteiger partial charge on any atom is 0.276 e. The molecule has 1 atom stereocenters. The van der Waals surface area contributed by atoms with Gasteiger partial charge in [-0.25, -0.2) is 4.98 Å². The Hall–Kier alpha value is -5.09. The molecule has 16 heteroatoms. The van der Waals surface area contributed by atoms with Crippen LogP contribution in [0.3, 0.4) is 0 Å². The standard InChI is InChI=1S/C37H54N10O5Si/c1-9-46-29(16-22(2)44-46)35(50)43-36-42-27-18-24(34(40)49)19-28-32(27)47(36)25(21-45(28)6)12-10-13-41-31-26(38)17-23(33(39)48)20-30(31)51-14-11-15-52-53(7,8)37(3,4)5/h16-20,25,41H,9-15,21,38H2,1-8H3,(H2,39,48)(H2,40,49)(H,42,43,50)/t25-/m0/s1. The Balaban J connectivity index is 1.33. The van der Waals surface area contributed by atoms with Crippen LogP contribution in [0.4, 0.5) is 23.0 Å². The molecule has 2 aromatic carbocycles. The average Bonchev–Trinajstić information content (AvgIpc) is 3.64.